The van der Waals surface area contributed by atoms with E-state index in [1.807, 2.05) is 43.3 Å². The van der Waals surface area contributed by atoms with Gasteiger partial charge in [-0.25, -0.2) is 14.6 Å². The number of amides is 1. The third kappa shape index (κ3) is 4.39. The normalized spacial score (nSPS) is 10.9. The number of nitrogens with zero attached hydrogens (tertiary/aromatic N) is 4. The van der Waals surface area contributed by atoms with Crippen molar-refractivity contribution in [2.75, 3.05) is 17.7 Å². The average Bonchev–Trinajstić information content (AvgIpc) is 3.19. The van der Waals surface area contributed by atoms with E-state index in [4.69, 9.17) is 16.3 Å². The molecule has 0 spiro atoms. The molecule has 152 valence electrons. The highest BCUT2D eigenvalue weighted by molar-refractivity contribution is 8.00. The number of anilines is 1. The predicted octanol–water partition coefficient (Wildman–Crippen LogP) is 4.60. The minimum atomic E-state index is -0.149. The molecule has 2 aromatic carbocycles. The molecule has 1 N–H and O–H groups in total. The number of hydrogen-bond donors (Lipinski definition) is 1. The number of hydrogen-bond acceptors (Lipinski definition) is 6. The average molecular weight is 440 g/mol. The van der Waals surface area contributed by atoms with E-state index in [9.17, 15) is 4.79 Å². The molecule has 0 unspecified atom stereocenters. The number of para-hydroxylation sites is 2. The summed E-state index contributed by atoms with van der Waals surface area (Å²) >= 11 is 7.30. The first kappa shape index (κ1) is 20.2. The Morgan fingerprint density at radius 1 is 1.17 bits per heavy atom. The van der Waals surface area contributed by atoms with Crippen LogP contribution >= 0.6 is 23.4 Å². The molecule has 4 rings (SSSR count). The Kier molecular flexibility index (Phi) is 6.15. The lowest BCUT2D eigenvalue weighted by Crippen LogP contribution is -2.15. The Morgan fingerprint density at radius 2 is 1.97 bits per heavy atom. The zero-order chi connectivity index (χ0) is 20.9. The minimum absolute atomic E-state index is 0.149. The molecule has 0 aliphatic rings. The van der Waals surface area contributed by atoms with Gasteiger partial charge in [0, 0.05) is 5.02 Å². The molecule has 2 heterocycles. The van der Waals surface area contributed by atoms with Gasteiger partial charge in [-0.15, -0.1) is 0 Å². The van der Waals surface area contributed by atoms with Crippen LogP contribution in [0.4, 0.5) is 5.69 Å². The Labute approximate surface area is 182 Å². The summed E-state index contributed by atoms with van der Waals surface area (Å²) in [7, 11) is 0. The molecule has 0 atom stereocenters. The van der Waals surface area contributed by atoms with Crippen molar-refractivity contribution in [1.82, 2.24) is 19.7 Å². The van der Waals surface area contributed by atoms with E-state index in [0.29, 0.717) is 33.7 Å². The molecule has 0 aliphatic carbocycles. The second kappa shape index (κ2) is 9.15. The first-order chi connectivity index (χ1) is 14.7. The van der Waals surface area contributed by atoms with Crippen LogP contribution in [0.3, 0.4) is 0 Å². The largest absolute Gasteiger partial charge is 0.492 e. The van der Waals surface area contributed by atoms with Crippen molar-refractivity contribution in [3.8, 4) is 11.4 Å². The Morgan fingerprint density at radius 3 is 2.77 bits per heavy atom. The van der Waals surface area contributed by atoms with Gasteiger partial charge in [-0.2, -0.15) is 5.10 Å². The molecule has 0 saturated carbocycles. The SMILES string of the molecule is CCOc1ccccc1NC(=O)CSc1ncnc2c1cnn2-c1ccc(Cl)cc1. The molecule has 4 aromatic rings. The van der Waals surface area contributed by atoms with E-state index in [1.54, 1.807) is 23.0 Å². The maximum atomic E-state index is 12.5. The maximum absolute atomic E-state index is 12.5. The van der Waals surface area contributed by atoms with Crippen molar-refractivity contribution in [2.45, 2.75) is 11.9 Å². The van der Waals surface area contributed by atoms with E-state index in [1.165, 1.54) is 18.1 Å². The summed E-state index contributed by atoms with van der Waals surface area (Å²) in [6, 6.07) is 14.7. The predicted molar refractivity (Wildman–Crippen MR) is 119 cm³/mol. The lowest BCUT2D eigenvalue weighted by Gasteiger charge is -2.11. The second-order valence-electron chi connectivity index (χ2n) is 6.21. The number of ether oxygens (including phenoxy) is 1. The van der Waals surface area contributed by atoms with Crippen molar-refractivity contribution in [2.24, 2.45) is 0 Å². The number of carbonyl (C=O) groups excluding carboxylic acids is 1. The van der Waals surface area contributed by atoms with Crippen LogP contribution in [0.5, 0.6) is 5.75 Å². The third-order valence-corrected chi connectivity index (χ3v) is 5.46. The zero-order valence-corrected chi connectivity index (χ0v) is 17.7. The summed E-state index contributed by atoms with van der Waals surface area (Å²) in [5, 5.41) is 9.43. The fourth-order valence-corrected chi connectivity index (χ4v) is 3.77. The Balaban J connectivity index is 1.49. The van der Waals surface area contributed by atoms with Crippen molar-refractivity contribution in [3.05, 3.63) is 66.1 Å². The van der Waals surface area contributed by atoms with Gasteiger partial charge in [-0.05, 0) is 43.3 Å². The van der Waals surface area contributed by atoms with Crippen LogP contribution in [0, 0.1) is 0 Å². The molecule has 1 amide bonds. The number of nitrogens with one attached hydrogen (secondary N) is 1. The molecule has 9 heteroatoms. The van der Waals surface area contributed by atoms with E-state index < -0.39 is 0 Å². The van der Waals surface area contributed by atoms with Crippen LogP contribution in [-0.4, -0.2) is 38.0 Å². The van der Waals surface area contributed by atoms with E-state index in [2.05, 4.69) is 20.4 Å². The van der Waals surface area contributed by atoms with Gasteiger partial charge in [0.15, 0.2) is 5.65 Å². The summed E-state index contributed by atoms with van der Waals surface area (Å²) < 4.78 is 7.27. The topological polar surface area (TPSA) is 81.9 Å². The number of benzene rings is 2. The zero-order valence-electron chi connectivity index (χ0n) is 16.1. The van der Waals surface area contributed by atoms with Crippen LogP contribution in [0.25, 0.3) is 16.7 Å². The summed E-state index contributed by atoms with van der Waals surface area (Å²) in [4.78, 5) is 21.2. The van der Waals surface area contributed by atoms with Crippen LogP contribution < -0.4 is 10.1 Å². The van der Waals surface area contributed by atoms with Gasteiger partial charge in [0.25, 0.3) is 0 Å². The van der Waals surface area contributed by atoms with Gasteiger partial charge in [-0.3, -0.25) is 4.79 Å². The van der Waals surface area contributed by atoms with E-state index >= 15 is 0 Å². The monoisotopic (exact) mass is 439 g/mol. The van der Waals surface area contributed by atoms with E-state index in [0.717, 1.165) is 11.1 Å². The minimum Gasteiger partial charge on any atom is -0.492 e. The number of aromatic nitrogens is 4. The fourth-order valence-electron chi connectivity index (χ4n) is 2.88. The molecule has 0 saturated heterocycles. The summed E-state index contributed by atoms with van der Waals surface area (Å²) in [5.74, 6) is 0.689. The Hall–Kier alpha value is -3.10. The highest BCUT2D eigenvalue weighted by Crippen LogP contribution is 2.27. The molecule has 0 fully saturated rings. The second-order valence-corrected chi connectivity index (χ2v) is 7.62. The van der Waals surface area contributed by atoms with Crippen LogP contribution in [0.1, 0.15) is 6.92 Å². The molecule has 0 bridgehead atoms. The number of fused-ring (bicyclic) bond motifs is 1. The summed E-state index contributed by atoms with van der Waals surface area (Å²) in [6.45, 7) is 2.43. The highest BCUT2D eigenvalue weighted by atomic mass is 35.5. The van der Waals surface area contributed by atoms with Gasteiger partial charge < -0.3 is 10.1 Å². The summed E-state index contributed by atoms with van der Waals surface area (Å²) in [6.07, 6.45) is 3.18. The van der Waals surface area contributed by atoms with Gasteiger partial charge in [-0.1, -0.05) is 35.5 Å². The smallest absolute Gasteiger partial charge is 0.234 e. The quantitative estimate of drug-likeness (QED) is 0.335. The number of halogens is 1. The molecule has 2 aromatic heterocycles. The molecule has 0 aliphatic heterocycles. The fraction of sp³-hybridized carbons (Fsp3) is 0.143. The van der Waals surface area contributed by atoms with Crippen molar-refractivity contribution in [3.63, 3.8) is 0 Å². The van der Waals surface area contributed by atoms with Crippen LogP contribution in [0.2, 0.25) is 5.02 Å². The molecule has 7 nitrogen and oxygen atoms in total. The van der Waals surface area contributed by atoms with Gasteiger partial charge in [0.1, 0.15) is 17.1 Å². The van der Waals surface area contributed by atoms with Gasteiger partial charge in [0.05, 0.1) is 35.3 Å². The van der Waals surface area contributed by atoms with Crippen molar-refractivity contribution >= 4 is 46.0 Å². The lowest BCUT2D eigenvalue weighted by atomic mass is 10.3. The molecular weight excluding hydrogens is 422 g/mol. The Bertz CT molecular complexity index is 1180. The molecule has 0 radical (unpaired) electrons. The van der Waals surface area contributed by atoms with Gasteiger partial charge in [0.2, 0.25) is 5.91 Å². The maximum Gasteiger partial charge on any atom is 0.234 e. The van der Waals surface area contributed by atoms with Crippen LogP contribution in [-0.2, 0) is 4.79 Å². The standard InChI is InChI=1S/C21H18ClN5O2S/c1-2-29-18-6-4-3-5-17(18)26-19(28)12-30-21-16-11-25-27(20(16)23-13-24-21)15-9-7-14(22)8-10-15/h3-11,13H,2,12H2,1H3,(H,26,28). The van der Waals surface area contributed by atoms with Crippen molar-refractivity contribution in [1.29, 1.82) is 0 Å². The first-order valence-corrected chi connectivity index (χ1v) is 10.6. The number of carbonyl (C=O) groups is 1. The lowest BCUT2D eigenvalue weighted by molar-refractivity contribution is -0.113. The molecular formula is C21H18ClN5O2S. The van der Waals surface area contributed by atoms with Crippen LogP contribution in [0.15, 0.2) is 66.1 Å². The van der Waals surface area contributed by atoms with Gasteiger partial charge >= 0.3 is 0 Å². The van der Waals surface area contributed by atoms with Crippen molar-refractivity contribution < 1.29 is 9.53 Å². The van der Waals surface area contributed by atoms with E-state index in [-0.39, 0.29) is 11.7 Å². The molecule has 30 heavy (non-hydrogen) atoms. The first-order valence-electron chi connectivity index (χ1n) is 9.25. The summed E-state index contributed by atoms with van der Waals surface area (Å²) in [5.41, 5.74) is 2.15. The highest BCUT2D eigenvalue weighted by Gasteiger charge is 2.14. The number of thioether (sulfide) groups is 1. The number of rotatable bonds is 7. The third-order valence-electron chi connectivity index (χ3n) is 4.20.